The van der Waals surface area contributed by atoms with Gasteiger partial charge in [-0.3, -0.25) is 9.59 Å². The monoisotopic (exact) mass is 349 g/mol. The zero-order valence-corrected chi connectivity index (χ0v) is 14.7. The number of carbonyl (C=O) groups excluding carboxylic acids is 1. The van der Waals surface area contributed by atoms with Crippen LogP contribution in [0.5, 0.6) is 0 Å². The van der Waals surface area contributed by atoms with Crippen molar-refractivity contribution in [3.8, 4) is 0 Å². The van der Waals surface area contributed by atoms with Gasteiger partial charge >= 0.3 is 5.97 Å². The lowest BCUT2D eigenvalue weighted by Crippen LogP contribution is -2.60. The van der Waals surface area contributed by atoms with Gasteiger partial charge in [-0.15, -0.1) is 0 Å². The summed E-state index contributed by atoms with van der Waals surface area (Å²) in [6, 6.07) is -0.725. The number of aliphatic carboxylic acids is 1. The number of carbonyl (C=O) groups is 2. The van der Waals surface area contributed by atoms with Crippen molar-refractivity contribution < 1.29 is 14.7 Å². The molecular formula is C16H28BN5O3. The molecule has 0 radical (unpaired) electrons. The zero-order chi connectivity index (χ0) is 18.4. The van der Waals surface area contributed by atoms with Crippen LogP contribution in [0.15, 0.2) is 12.5 Å². The largest absolute Gasteiger partial charge is 0.480 e. The van der Waals surface area contributed by atoms with E-state index in [4.69, 9.17) is 11.5 Å². The van der Waals surface area contributed by atoms with Crippen molar-refractivity contribution in [3.63, 3.8) is 0 Å². The third-order valence-corrected chi connectivity index (χ3v) is 5.22. The molecule has 1 amide bonds. The maximum Gasteiger partial charge on any atom is 0.324 e. The van der Waals surface area contributed by atoms with Gasteiger partial charge in [0, 0.05) is 25.1 Å². The number of rotatable bonds is 8. The van der Waals surface area contributed by atoms with E-state index in [9.17, 15) is 14.7 Å². The molecule has 9 heteroatoms. The predicted octanol–water partition coefficient (Wildman–Crippen LogP) is -0.964. The van der Waals surface area contributed by atoms with Crippen molar-refractivity contribution in [1.82, 2.24) is 15.3 Å². The summed E-state index contributed by atoms with van der Waals surface area (Å²) < 4.78 is 0. The van der Waals surface area contributed by atoms with Crippen molar-refractivity contribution in [3.05, 3.63) is 18.2 Å². The quantitative estimate of drug-likeness (QED) is 0.382. The number of nitrogens with two attached hydrogens (primary N) is 2. The zero-order valence-electron chi connectivity index (χ0n) is 14.7. The Kier molecular flexibility index (Phi) is 6.61. The average molecular weight is 349 g/mol. The van der Waals surface area contributed by atoms with Gasteiger partial charge in [0.25, 0.3) is 0 Å². The number of aromatic nitrogens is 2. The number of hydrogen-bond acceptors (Lipinski definition) is 5. The Balaban J connectivity index is 1.91. The minimum absolute atomic E-state index is 0.231. The smallest absolute Gasteiger partial charge is 0.324 e. The molecular weight excluding hydrogens is 321 g/mol. The first kappa shape index (κ1) is 19.5. The molecule has 0 spiro atoms. The lowest BCUT2D eigenvalue weighted by molar-refractivity contribution is -0.148. The number of carboxylic acid groups (broad SMARTS) is 1. The first-order chi connectivity index (χ1) is 11.9. The van der Waals surface area contributed by atoms with Crippen molar-refractivity contribution in [2.75, 3.05) is 6.54 Å². The van der Waals surface area contributed by atoms with Gasteiger partial charge in [-0.05, 0) is 25.2 Å². The second-order valence-electron chi connectivity index (χ2n) is 7.09. The lowest BCUT2D eigenvalue weighted by atomic mass is 9.67. The lowest BCUT2D eigenvalue weighted by Gasteiger charge is -2.41. The maximum atomic E-state index is 12.2. The highest BCUT2D eigenvalue weighted by atomic mass is 16.4. The molecule has 1 aromatic rings. The van der Waals surface area contributed by atoms with Gasteiger partial charge in [0.15, 0.2) is 0 Å². The fraction of sp³-hybridized carbons (Fsp3) is 0.688. The normalized spacial score (nSPS) is 27.6. The minimum Gasteiger partial charge on any atom is -0.480 e. The SMILES string of the molecule is BCC[C@@H]1CC[C@@H](CNC(=O)[C@@H](N)Cc2c[nH]cn2)[C@@](N)(C(=O)O)C1. The van der Waals surface area contributed by atoms with Gasteiger partial charge in [-0.2, -0.15) is 0 Å². The molecule has 0 aromatic carbocycles. The van der Waals surface area contributed by atoms with Gasteiger partial charge in [0.05, 0.1) is 18.1 Å². The molecule has 138 valence electrons. The minimum atomic E-state index is -1.29. The topological polar surface area (TPSA) is 147 Å². The molecule has 0 saturated heterocycles. The summed E-state index contributed by atoms with van der Waals surface area (Å²) in [5.74, 6) is -1.26. The molecule has 0 unspecified atom stereocenters. The summed E-state index contributed by atoms with van der Waals surface area (Å²) in [6.07, 6.45) is 7.65. The summed E-state index contributed by atoms with van der Waals surface area (Å²) in [5, 5.41) is 12.4. The van der Waals surface area contributed by atoms with Crippen LogP contribution in [0, 0.1) is 11.8 Å². The standard InChI is InChI=1S/C16H28BN5O3/c17-4-3-10-1-2-11(16(19,6-10)15(24)25)7-21-14(23)13(18)5-12-8-20-9-22-12/h8-11,13H,1-7,17-19H2,(H,20,22)(H,21,23)(H,24,25)/t10-,11-,13-,16+/m0/s1. The molecule has 8 nitrogen and oxygen atoms in total. The molecule has 1 heterocycles. The summed E-state index contributed by atoms with van der Waals surface area (Å²) in [4.78, 5) is 30.8. The second-order valence-corrected chi connectivity index (χ2v) is 7.09. The number of aromatic amines is 1. The molecule has 1 saturated carbocycles. The molecule has 1 fully saturated rings. The van der Waals surface area contributed by atoms with Gasteiger partial charge in [0.2, 0.25) is 5.91 Å². The van der Waals surface area contributed by atoms with Crippen molar-refractivity contribution in [1.29, 1.82) is 0 Å². The highest BCUT2D eigenvalue weighted by Crippen LogP contribution is 2.37. The number of H-pyrrole nitrogens is 1. The molecule has 1 aliphatic rings. The van der Waals surface area contributed by atoms with Crippen molar-refractivity contribution in [2.45, 2.75) is 50.0 Å². The Morgan fingerprint density at radius 2 is 2.28 bits per heavy atom. The Morgan fingerprint density at radius 3 is 2.88 bits per heavy atom. The van der Waals surface area contributed by atoms with E-state index in [1.165, 1.54) is 6.33 Å². The molecule has 2 rings (SSSR count). The molecule has 7 N–H and O–H groups in total. The molecule has 25 heavy (non-hydrogen) atoms. The van der Waals surface area contributed by atoms with Crippen molar-refractivity contribution >= 4 is 19.7 Å². The van der Waals surface area contributed by atoms with E-state index in [1.807, 2.05) is 0 Å². The fourth-order valence-electron chi connectivity index (χ4n) is 3.72. The second kappa shape index (κ2) is 8.49. The van der Waals surface area contributed by atoms with Crippen LogP contribution in [0.4, 0.5) is 0 Å². The molecule has 1 aliphatic carbocycles. The third-order valence-electron chi connectivity index (χ3n) is 5.22. The van der Waals surface area contributed by atoms with Gasteiger partial charge in [-0.1, -0.05) is 12.7 Å². The summed E-state index contributed by atoms with van der Waals surface area (Å²) >= 11 is 0. The van der Waals surface area contributed by atoms with E-state index in [-0.39, 0.29) is 18.4 Å². The van der Waals surface area contributed by atoms with E-state index in [0.29, 0.717) is 30.9 Å². The van der Waals surface area contributed by atoms with Crippen LogP contribution < -0.4 is 16.8 Å². The van der Waals surface area contributed by atoms with E-state index >= 15 is 0 Å². The van der Waals surface area contributed by atoms with Gasteiger partial charge < -0.3 is 26.9 Å². The number of amides is 1. The van der Waals surface area contributed by atoms with Crippen LogP contribution >= 0.6 is 0 Å². The molecule has 0 bridgehead atoms. The van der Waals surface area contributed by atoms with Crippen LogP contribution in [0.1, 0.15) is 31.4 Å². The Bertz CT molecular complexity index is 582. The molecule has 0 aliphatic heterocycles. The fourth-order valence-corrected chi connectivity index (χ4v) is 3.72. The van der Waals surface area contributed by atoms with Crippen molar-refractivity contribution in [2.24, 2.45) is 23.3 Å². The molecule has 4 atom stereocenters. The van der Waals surface area contributed by atoms with Crippen LogP contribution in [0.3, 0.4) is 0 Å². The Labute approximate surface area is 148 Å². The maximum absolute atomic E-state index is 12.2. The number of imidazole rings is 1. The Morgan fingerprint density at radius 1 is 1.52 bits per heavy atom. The summed E-state index contributed by atoms with van der Waals surface area (Å²) in [7, 11) is 2.09. The summed E-state index contributed by atoms with van der Waals surface area (Å²) in [5.41, 5.74) is 11.6. The van der Waals surface area contributed by atoms with Gasteiger partial charge in [-0.25, -0.2) is 4.98 Å². The van der Waals surface area contributed by atoms with E-state index in [0.717, 1.165) is 19.2 Å². The number of hydrogen-bond donors (Lipinski definition) is 5. The van der Waals surface area contributed by atoms with Crippen LogP contribution in [-0.2, 0) is 16.0 Å². The van der Waals surface area contributed by atoms with Crippen LogP contribution in [-0.4, -0.2) is 52.9 Å². The first-order valence-corrected chi connectivity index (χ1v) is 8.90. The van der Waals surface area contributed by atoms with Crippen LogP contribution in [0.2, 0.25) is 6.32 Å². The Hall–Kier alpha value is -1.87. The van der Waals surface area contributed by atoms with E-state index < -0.39 is 17.6 Å². The number of carboxylic acids is 1. The summed E-state index contributed by atoms with van der Waals surface area (Å²) in [6.45, 7) is 0.231. The van der Waals surface area contributed by atoms with Gasteiger partial charge in [0.1, 0.15) is 13.4 Å². The number of nitrogens with zero attached hydrogens (tertiary/aromatic N) is 1. The predicted molar refractivity (Wildman–Crippen MR) is 96.6 cm³/mol. The van der Waals surface area contributed by atoms with Crippen LogP contribution in [0.25, 0.3) is 0 Å². The highest BCUT2D eigenvalue weighted by Gasteiger charge is 2.46. The third kappa shape index (κ3) is 4.82. The van der Waals surface area contributed by atoms with E-state index in [1.54, 1.807) is 6.20 Å². The highest BCUT2D eigenvalue weighted by molar-refractivity contribution is 6.08. The average Bonchev–Trinajstić information content (AvgIpc) is 3.07. The number of nitrogens with one attached hydrogen (secondary N) is 2. The van der Waals surface area contributed by atoms with E-state index in [2.05, 4.69) is 23.1 Å². The first-order valence-electron chi connectivity index (χ1n) is 8.90. The molecule has 1 aromatic heterocycles.